The first-order valence-electron chi connectivity index (χ1n) is 14.2. The Morgan fingerprint density at radius 3 is 2.53 bits per heavy atom. The summed E-state index contributed by atoms with van der Waals surface area (Å²) >= 11 is 1.56. The predicted molar refractivity (Wildman–Crippen MR) is 172 cm³/mol. The minimum absolute atomic E-state index is 0.202. The van der Waals surface area contributed by atoms with E-state index >= 15 is 0 Å². The molecule has 43 heavy (non-hydrogen) atoms. The number of aryl methyl sites for hydroxylation is 2. The molecule has 0 saturated carbocycles. The summed E-state index contributed by atoms with van der Waals surface area (Å²) in [5, 5.41) is 12.0. The lowest BCUT2D eigenvalue weighted by Crippen LogP contribution is -2.31. The number of allylic oxidation sites excluding steroid dienone is 1. The van der Waals surface area contributed by atoms with Gasteiger partial charge in [-0.05, 0) is 72.9 Å². The van der Waals surface area contributed by atoms with Gasteiger partial charge in [0, 0.05) is 17.1 Å². The van der Waals surface area contributed by atoms with Crippen LogP contribution in [0, 0.1) is 13.8 Å². The number of thioether (sulfide) groups is 1. The first-order valence-corrected chi connectivity index (χ1v) is 15.2. The number of amides is 1. The number of nitrogens with one attached hydrogen (secondary N) is 2. The van der Waals surface area contributed by atoms with Gasteiger partial charge in [-0.1, -0.05) is 90.6 Å². The van der Waals surface area contributed by atoms with Crippen molar-refractivity contribution >= 4 is 29.3 Å². The van der Waals surface area contributed by atoms with Crippen molar-refractivity contribution < 1.29 is 9.53 Å². The molecule has 1 aromatic heterocycles. The first kappa shape index (κ1) is 28.3. The molecule has 1 aliphatic heterocycles. The number of fused-ring (bicyclic) bond motifs is 1. The van der Waals surface area contributed by atoms with Gasteiger partial charge in [0.25, 0.3) is 5.91 Å². The smallest absolute Gasteiger partial charge is 0.255 e. The maximum Gasteiger partial charge on any atom is 0.255 e. The number of ether oxygens (including phenoxy) is 1. The lowest BCUT2D eigenvalue weighted by Gasteiger charge is -2.29. The Bertz CT molecular complexity index is 1800. The Hall–Kier alpha value is -4.82. The Morgan fingerprint density at radius 1 is 0.930 bits per heavy atom. The van der Waals surface area contributed by atoms with E-state index in [0.29, 0.717) is 23.3 Å². The van der Waals surface area contributed by atoms with E-state index in [1.807, 2.05) is 97.4 Å². The molecule has 0 saturated heterocycles. The Morgan fingerprint density at radius 2 is 1.72 bits per heavy atom. The minimum atomic E-state index is -0.512. The normalized spacial score (nSPS) is 14.2. The summed E-state index contributed by atoms with van der Waals surface area (Å²) < 4.78 is 8.05. The van der Waals surface area contributed by atoms with Gasteiger partial charge >= 0.3 is 0 Å². The lowest BCUT2D eigenvalue weighted by molar-refractivity contribution is -0.113. The van der Waals surface area contributed by atoms with Crippen LogP contribution in [0.4, 0.5) is 11.6 Å². The quantitative estimate of drug-likeness (QED) is 0.172. The number of nitrogens with zero attached hydrogens (tertiary/aromatic N) is 3. The maximum absolute atomic E-state index is 13.9. The van der Waals surface area contributed by atoms with E-state index in [2.05, 4.69) is 41.8 Å². The van der Waals surface area contributed by atoms with Crippen LogP contribution in [0.25, 0.3) is 0 Å². The molecular weight excluding hydrogens is 554 g/mol. The molecule has 5 aromatic rings. The topological polar surface area (TPSA) is 81.1 Å². The van der Waals surface area contributed by atoms with Gasteiger partial charge in [0.2, 0.25) is 11.1 Å². The number of benzene rings is 4. The standard InChI is InChI=1S/C35H33N5O2S/c1-23-11-9-17-29(19-23)37-33(41)31-25(3)36-34-38-35(43-22-26-13-5-4-6-14-26)39-40(34)32(31)27-16-10-18-30(20-27)42-21-28-15-8-7-12-24(28)2/h4-20,32H,21-22H2,1-3H3,(H,37,41)(H,36,38,39). The van der Waals surface area contributed by atoms with Gasteiger partial charge in [0.05, 0.1) is 5.57 Å². The number of aromatic nitrogens is 3. The molecule has 1 atom stereocenters. The zero-order chi connectivity index (χ0) is 29.8. The highest BCUT2D eigenvalue weighted by Gasteiger charge is 2.34. The summed E-state index contributed by atoms with van der Waals surface area (Å²) in [6, 6.07) is 33.6. The zero-order valence-corrected chi connectivity index (χ0v) is 25.2. The lowest BCUT2D eigenvalue weighted by atomic mass is 9.94. The van der Waals surface area contributed by atoms with E-state index in [4.69, 9.17) is 14.8 Å². The third-order valence-corrected chi connectivity index (χ3v) is 8.30. The van der Waals surface area contributed by atoms with E-state index in [0.717, 1.165) is 39.6 Å². The number of carbonyl (C=O) groups is 1. The molecule has 6 rings (SSSR count). The second-order valence-corrected chi connectivity index (χ2v) is 11.6. The second kappa shape index (κ2) is 12.6. The molecule has 8 heteroatoms. The highest BCUT2D eigenvalue weighted by molar-refractivity contribution is 7.98. The van der Waals surface area contributed by atoms with E-state index in [-0.39, 0.29) is 5.91 Å². The Labute approximate surface area is 256 Å². The molecule has 1 amide bonds. The van der Waals surface area contributed by atoms with Crippen LogP contribution < -0.4 is 15.4 Å². The Balaban J connectivity index is 1.34. The summed E-state index contributed by atoms with van der Waals surface area (Å²) in [7, 11) is 0. The van der Waals surface area contributed by atoms with Crippen LogP contribution in [0.1, 0.15) is 40.8 Å². The molecular formula is C35H33N5O2S. The third kappa shape index (κ3) is 6.49. The number of rotatable bonds is 9. The van der Waals surface area contributed by atoms with Gasteiger partial charge in [-0.3, -0.25) is 4.79 Å². The minimum Gasteiger partial charge on any atom is -0.489 e. The SMILES string of the molecule is CC1=C(C(=O)Nc2cccc(C)c2)C(c2cccc(OCc3ccccc3C)c2)n2nc(SCc3ccccc3)nc2N1. The van der Waals surface area contributed by atoms with Gasteiger partial charge in [0.15, 0.2) is 0 Å². The highest BCUT2D eigenvalue weighted by atomic mass is 32.2. The van der Waals surface area contributed by atoms with Crippen LogP contribution in [-0.2, 0) is 17.2 Å². The van der Waals surface area contributed by atoms with E-state index in [1.165, 1.54) is 11.1 Å². The molecule has 0 aliphatic carbocycles. The maximum atomic E-state index is 13.9. The molecule has 0 radical (unpaired) electrons. The van der Waals surface area contributed by atoms with E-state index < -0.39 is 6.04 Å². The molecule has 7 nitrogen and oxygen atoms in total. The van der Waals surface area contributed by atoms with Crippen molar-refractivity contribution in [2.45, 2.75) is 44.3 Å². The van der Waals surface area contributed by atoms with Crippen LogP contribution >= 0.6 is 11.8 Å². The molecule has 0 spiro atoms. The van der Waals surface area contributed by atoms with Crippen LogP contribution in [0.3, 0.4) is 0 Å². The summed E-state index contributed by atoms with van der Waals surface area (Å²) in [5.41, 5.74) is 7.47. The molecule has 1 aliphatic rings. The van der Waals surface area contributed by atoms with Crippen molar-refractivity contribution in [3.05, 3.63) is 142 Å². The molecule has 0 bridgehead atoms. The fourth-order valence-corrected chi connectivity index (χ4v) is 5.93. The van der Waals surface area contributed by atoms with Crippen molar-refractivity contribution in [2.24, 2.45) is 0 Å². The van der Waals surface area contributed by atoms with Crippen molar-refractivity contribution in [1.82, 2.24) is 14.8 Å². The molecule has 4 aromatic carbocycles. The number of anilines is 2. The first-order chi connectivity index (χ1) is 20.9. The Kier molecular flexibility index (Phi) is 8.29. The summed E-state index contributed by atoms with van der Waals surface area (Å²) in [4.78, 5) is 18.7. The highest BCUT2D eigenvalue weighted by Crippen LogP contribution is 2.38. The van der Waals surface area contributed by atoms with Crippen LogP contribution in [-0.4, -0.2) is 20.7 Å². The van der Waals surface area contributed by atoms with Crippen molar-refractivity contribution in [3.8, 4) is 5.75 Å². The van der Waals surface area contributed by atoms with Gasteiger partial charge in [0.1, 0.15) is 18.4 Å². The average molecular weight is 588 g/mol. The number of hydrogen-bond donors (Lipinski definition) is 2. The summed E-state index contributed by atoms with van der Waals surface area (Å²) in [5.74, 6) is 1.85. The molecule has 2 heterocycles. The molecule has 1 unspecified atom stereocenters. The third-order valence-electron chi connectivity index (χ3n) is 7.39. The van der Waals surface area contributed by atoms with Crippen molar-refractivity contribution in [2.75, 3.05) is 10.6 Å². The molecule has 2 N–H and O–H groups in total. The van der Waals surface area contributed by atoms with Crippen LogP contribution in [0.2, 0.25) is 0 Å². The largest absolute Gasteiger partial charge is 0.489 e. The van der Waals surface area contributed by atoms with Crippen LogP contribution in [0.15, 0.2) is 120 Å². The monoisotopic (exact) mass is 587 g/mol. The fourth-order valence-electron chi connectivity index (χ4n) is 5.15. The summed E-state index contributed by atoms with van der Waals surface area (Å²) in [6.07, 6.45) is 0. The van der Waals surface area contributed by atoms with E-state index in [9.17, 15) is 4.79 Å². The number of carbonyl (C=O) groups excluding carboxylic acids is 1. The van der Waals surface area contributed by atoms with Crippen molar-refractivity contribution in [1.29, 1.82) is 0 Å². The van der Waals surface area contributed by atoms with Crippen LogP contribution in [0.5, 0.6) is 5.75 Å². The van der Waals surface area contributed by atoms with Gasteiger partial charge < -0.3 is 15.4 Å². The van der Waals surface area contributed by atoms with Gasteiger partial charge in [-0.15, -0.1) is 5.10 Å². The van der Waals surface area contributed by atoms with Gasteiger partial charge in [-0.2, -0.15) is 4.98 Å². The number of hydrogen-bond acceptors (Lipinski definition) is 6. The van der Waals surface area contributed by atoms with E-state index in [1.54, 1.807) is 11.8 Å². The second-order valence-electron chi connectivity index (χ2n) is 10.6. The van der Waals surface area contributed by atoms with Crippen molar-refractivity contribution in [3.63, 3.8) is 0 Å². The fraction of sp³-hybridized carbons (Fsp3) is 0.171. The zero-order valence-electron chi connectivity index (χ0n) is 24.4. The summed E-state index contributed by atoms with van der Waals surface area (Å²) in [6.45, 7) is 6.44. The van der Waals surface area contributed by atoms with Gasteiger partial charge in [-0.25, -0.2) is 4.68 Å². The average Bonchev–Trinajstić information content (AvgIpc) is 3.42. The predicted octanol–water partition coefficient (Wildman–Crippen LogP) is 7.69. The molecule has 216 valence electrons. The molecule has 0 fully saturated rings.